The van der Waals surface area contributed by atoms with E-state index in [0.29, 0.717) is 36.5 Å². The van der Waals surface area contributed by atoms with Crippen molar-refractivity contribution >= 4 is 46.4 Å². The number of nitrogens with one attached hydrogen (secondary N) is 1. The number of carbonyl (C=O) groups excluding carboxylic acids is 2. The number of hydrogen-bond donors (Lipinski definition) is 1. The van der Waals surface area contributed by atoms with Crippen molar-refractivity contribution in [2.24, 2.45) is 0 Å². The second-order valence-corrected chi connectivity index (χ2v) is 9.20. The molecule has 2 amide bonds. The van der Waals surface area contributed by atoms with Gasteiger partial charge in [0.2, 0.25) is 16.6 Å². The Hall–Kier alpha value is -3.26. The van der Waals surface area contributed by atoms with Crippen LogP contribution >= 0.6 is 12.2 Å². The summed E-state index contributed by atoms with van der Waals surface area (Å²) in [4.78, 5) is 34.4. The van der Waals surface area contributed by atoms with E-state index in [4.69, 9.17) is 12.2 Å². The summed E-state index contributed by atoms with van der Waals surface area (Å²) in [6.07, 6.45) is 0.707. The molecule has 7 nitrogen and oxygen atoms in total. The third-order valence-electron chi connectivity index (χ3n) is 6.65. The Kier molecular flexibility index (Phi) is 5.62. The number of benzene rings is 2. The second kappa shape index (κ2) is 8.59. The van der Waals surface area contributed by atoms with Gasteiger partial charge in [-0.3, -0.25) is 14.2 Å². The van der Waals surface area contributed by atoms with Crippen molar-refractivity contribution in [2.45, 2.75) is 32.7 Å². The molecule has 1 atom stereocenters. The van der Waals surface area contributed by atoms with E-state index in [1.54, 1.807) is 4.57 Å². The lowest BCUT2D eigenvalue weighted by Gasteiger charge is -2.37. The van der Waals surface area contributed by atoms with Gasteiger partial charge in [0.15, 0.2) is 0 Å². The number of piperazine rings is 1. The largest absolute Gasteiger partial charge is 0.368 e. The molecule has 0 aliphatic carbocycles. The molecule has 1 saturated heterocycles. The summed E-state index contributed by atoms with van der Waals surface area (Å²) in [7, 11) is 0. The Bertz CT molecular complexity index is 1310. The Morgan fingerprint density at radius 3 is 2.67 bits per heavy atom. The van der Waals surface area contributed by atoms with Crippen molar-refractivity contribution in [2.75, 3.05) is 36.4 Å². The van der Waals surface area contributed by atoms with Gasteiger partial charge in [-0.1, -0.05) is 24.3 Å². The molecule has 1 fully saturated rings. The van der Waals surface area contributed by atoms with Crippen LogP contribution in [0.1, 0.15) is 30.0 Å². The van der Waals surface area contributed by atoms with Crippen LogP contribution in [-0.2, 0) is 9.59 Å². The molecule has 5 rings (SSSR count). The summed E-state index contributed by atoms with van der Waals surface area (Å²) < 4.78 is 2.13. The molecular weight excluding hydrogens is 434 g/mol. The van der Waals surface area contributed by atoms with Crippen LogP contribution in [0.3, 0.4) is 0 Å². The number of aromatic nitrogens is 2. The zero-order chi connectivity index (χ0) is 23.1. The van der Waals surface area contributed by atoms with Gasteiger partial charge in [0.1, 0.15) is 11.9 Å². The van der Waals surface area contributed by atoms with Gasteiger partial charge in [-0.25, -0.2) is 4.98 Å². The Balaban J connectivity index is 1.25. The standard InChI is InChI=1S/C25H27N5O2S/c1-16-7-8-17(2)21(15-16)28-11-13-29(14-12-28)22(31)10-9-20-24(32)27-23-18-5-3-4-6-19(18)26-25(33)30(20)23/h3-8,15,20H,9-14H2,1-2H3,(H,27,32). The molecule has 1 N–H and O–H groups in total. The van der Waals surface area contributed by atoms with Crippen molar-refractivity contribution in [3.8, 4) is 0 Å². The average Bonchev–Trinajstić information content (AvgIpc) is 3.16. The molecule has 170 valence electrons. The number of fused-ring (bicyclic) bond motifs is 3. The van der Waals surface area contributed by atoms with E-state index in [9.17, 15) is 9.59 Å². The van der Waals surface area contributed by atoms with E-state index < -0.39 is 6.04 Å². The Labute approximate surface area is 198 Å². The first kappa shape index (κ1) is 21.6. The van der Waals surface area contributed by atoms with Crippen LogP contribution in [0.25, 0.3) is 10.9 Å². The van der Waals surface area contributed by atoms with Gasteiger partial charge >= 0.3 is 0 Å². The van der Waals surface area contributed by atoms with E-state index in [2.05, 4.69) is 47.2 Å². The maximum Gasteiger partial charge on any atom is 0.248 e. The SMILES string of the molecule is Cc1ccc(C)c(N2CCN(C(=O)CCC3C(=O)Nc4c5ccccc5nc(=S)n43)CC2)c1. The normalized spacial score (nSPS) is 17.9. The maximum atomic E-state index is 13.0. The first-order valence-corrected chi connectivity index (χ1v) is 11.8. The second-order valence-electron chi connectivity index (χ2n) is 8.83. The molecule has 3 aromatic rings. The molecule has 0 radical (unpaired) electrons. The van der Waals surface area contributed by atoms with Crippen LogP contribution in [0.2, 0.25) is 0 Å². The van der Waals surface area contributed by atoms with Gasteiger partial charge in [0.05, 0.1) is 5.52 Å². The predicted octanol–water partition coefficient (Wildman–Crippen LogP) is 4.00. The molecule has 3 heterocycles. The highest BCUT2D eigenvalue weighted by Gasteiger charge is 2.33. The molecule has 1 unspecified atom stereocenters. The average molecular weight is 462 g/mol. The third kappa shape index (κ3) is 3.99. The van der Waals surface area contributed by atoms with Gasteiger partial charge in [0.25, 0.3) is 0 Å². The molecule has 33 heavy (non-hydrogen) atoms. The number of amides is 2. The fourth-order valence-electron chi connectivity index (χ4n) is 4.82. The topological polar surface area (TPSA) is 70.5 Å². The number of nitrogens with zero attached hydrogens (tertiary/aromatic N) is 4. The summed E-state index contributed by atoms with van der Waals surface area (Å²) >= 11 is 5.48. The van der Waals surface area contributed by atoms with E-state index in [1.165, 1.54) is 16.8 Å². The molecule has 2 aliphatic rings. The number of hydrogen-bond acceptors (Lipinski definition) is 5. The quantitative estimate of drug-likeness (QED) is 0.595. The Morgan fingerprint density at radius 1 is 1.12 bits per heavy atom. The smallest absolute Gasteiger partial charge is 0.248 e. The first-order chi connectivity index (χ1) is 15.9. The van der Waals surface area contributed by atoms with Crippen LogP contribution in [0.5, 0.6) is 0 Å². The van der Waals surface area contributed by atoms with E-state index >= 15 is 0 Å². The van der Waals surface area contributed by atoms with Crippen molar-refractivity contribution in [1.29, 1.82) is 0 Å². The molecule has 0 bridgehead atoms. The monoisotopic (exact) mass is 461 g/mol. The summed E-state index contributed by atoms with van der Waals surface area (Å²) in [5.41, 5.74) is 4.50. The summed E-state index contributed by atoms with van der Waals surface area (Å²) in [5.74, 6) is 0.624. The molecule has 0 saturated carbocycles. The lowest BCUT2D eigenvalue weighted by molar-refractivity contribution is -0.131. The highest BCUT2D eigenvalue weighted by atomic mass is 32.1. The number of para-hydroxylation sites is 1. The van der Waals surface area contributed by atoms with Crippen LogP contribution in [-0.4, -0.2) is 52.4 Å². The fourth-order valence-corrected chi connectivity index (χ4v) is 5.14. The summed E-state index contributed by atoms with van der Waals surface area (Å²) in [6, 6.07) is 13.6. The Morgan fingerprint density at radius 2 is 1.88 bits per heavy atom. The molecule has 0 spiro atoms. The number of carbonyl (C=O) groups is 2. The van der Waals surface area contributed by atoms with Gasteiger partial charge in [0, 0.05) is 43.7 Å². The van der Waals surface area contributed by atoms with E-state index in [-0.39, 0.29) is 11.8 Å². The number of aryl methyl sites for hydroxylation is 2. The van der Waals surface area contributed by atoms with Crippen molar-refractivity contribution in [3.05, 3.63) is 58.4 Å². The van der Waals surface area contributed by atoms with Crippen molar-refractivity contribution in [1.82, 2.24) is 14.5 Å². The van der Waals surface area contributed by atoms with Crippen LogP contribution in [0.4, 0.5) is 11.5 Å². The first-order valence-electron chi connectivity index (χ1n) is 11.3. The zero-order valence-electron chi connectivity index (χ0n) is 18.9. The minimum absolute atomic E-state index is 0.0807. The van der Waals surface area contributed by atoms with Crippen LogP contribution in [0.15, 0.2) is 42.5 Å². The molecular formula is C25H27N5O2S. The van der Waals surface area contributed by atoms with Crippen molar-refractivity contribution in [3.63, 3.8) is 0 Å². The zero-order valence-corrected chi connectivity index (χ0v) is 19.7. The van der Waals surface area contributed by atoms with Gasteiger partial charge in [-0.15, -0.1) is 0 Å². The van der Waals surface area contributed by atoms with E-state index in [0.717, 1.165) is 24.0 Å². The third-order valence-corrected chi connectivity index (χ3v) is 6.94. The molecule has 1 aromatic heterocycles. The fraction of sp³-hybridized carbons (Fsp3) is 0.360. The van der Waals surface area contributed by atoms with Gasteiger partial charge in [-0.2, -0.15) is 0 Å². The molecule has 2 aromatic carbocycles. The molecule has 8 heteroatoms. The summed E-state index contributed by atoms with van der Waals surface area (Å²) in [6.45, 7) is 7.22. The maximum absolute atomic E-state index is 13.0. The lowest BCUT2D eigenvalue weighted by atomic mass is 10.1. The lowest BCUT2D eigenvalue weighted by Crippen LogP contribution is -2.49. The number of anilines is 2. The van der Waals surface area contributed by atoms with E-state index in [1.807, 2.05) is 29.2 Å². The molecule has 2 aliphatic heterocycles. The summed E-state index contributed by atoms with van der Waals surface area (Å²) in [5, 5.41) is 3.81. The highest BCUT2D eigenvalue weighted by Crippen LogP contribution is 2.33. The van der Waals surface area contributed by atoms with Gasteiger partial charge in [-0.05, 0) is 61.8 Å². The van der Waals surface area contributed by atoms with Gasteiger partial charge < -0.3 is 15.1 Å². The van der Waals surface area contributed by atoms with Crippen molar-refractivity contribution < 1.29 is 9.59 Å². The highest BCUT2D eigenvalue weighted by molar-refractivity contribution is 7.71. The minimum atomic E-state index is -0.509. The van der Waals surface area contributed by atoms with Crippen LogP contribution < -0.4 is 10.2 Å². The van der Waals surface area contributed by atoms with Crippen LogP contribution in [0, 0.1) is 18.6 Å². The number of rotatable bonds is 4. The predicted molar refractivity (Wildman–Crippen MR) is 132 cm³/mol. The minimum Gasteiger partial charge on any atom is -0.368 e.